The van der Waals surface area contributed by atoms with Gasteiger partial charge in [0.25, 0.3) is 5.91 Å². The standard InChI is InChI=1S/C15H20N4O2/c16-10-4-5-13-12(9-10)14(18-17-13)15(21)19-7-2-1-3-11(19)6-8-20/h4-5,9,11,20H,1-3,6-8,16H2,(H,17,18). The predicted molar refractivity (Wildman–Crippen MR) is 80.9 cm³/mol. The quantitative estimate of drug-likeness (QED) is 0.746. The first-order valence-electron chi connectivity index (χ1n) is 7.36. The first-order chi connectivity index (χ1) is 10.2. The van der Waals surface area contributed by atoms with Gasteiger partial charge in [-0.25, -0.2) is 0 Å². The molecule has 4 N–H and O–H groups in total. The van der Waals surface area contributed by atoms with Gasteiger partial charge in [-0.15, -0.1) is 0 Å². The lowest BCUT2D eigenvalue weighted by Gasteiger charge is -2.35. The summed E-state index contributed by atoms with van der Waals surface area (Å²) in [6.45, 7) is 0.822. The van der Waals surface area contributed by atoms with E-state index in [-0.39, 0.29) is 18.6 Å². The van der Waals surface area contributed by atoms with E-state index in [0.717, 1.165) is 36.7 Å². The molecular formula is C15H20N4O2. The molecule has 0 aliphatic carbocycles. The van der Waals surface area contributed by atoms with Crippen LogP contribution in [0.15, 0.2) is 18.2 Å². The zero-order valence-corrected chi connectivity index (χ0v) is 11.9. The maximum Gasteiger partial charge on any atom is 0.275 e. The highest BCUT2D eigenvalue weighted by Crippen LogP contribution is 2.25. The Morgan fingerprint density at radius 1 is 1.48 bits per heavy atom. The molecule has 1 saturated heterocycles. The number of aromatic amines is 1. The number of amides is 1. The number of aliphatic hydroxyl groups excluding tert-OH is 1. The van der Waals surface area contributed by atoms with E-state index in [1.54, 1.807) is 12.1 Å². The van der Waals surface area contributed by atoms with E-state index in [0.29, 0.717) is 17.8 Å². The molecule has 112 valence electrons. The number of nitrogens with two attached hydrogens (primary N) is 1. The molecule has 1 fully saturated rings. The van der Waals surface area contributed by atoms with Crippen molar-refractivity contribution in [2.75, 3.05) is 18.9 Å². The molecule has 1 atom stereocenters. The second-order valence-corrected chi connectivity index (χ2v) is 5.54. The highest BCUT2D eigenvalue weighted by Gasteiger charge is 2.29. The number of fused-ring (bicyclic) bond motifs is 1. The van der Waals surface area contributed by atoms with Gasteiger partial charge >= 0.3 is 0 Å². The average Bonchev–Trinajstić information content (AvgIpc) is 2.90. The summed E-state index contributed by atoms with van der Waals surface area (Å²) in [6.07, 6.45) is 3.66. The van der Waals surface area contributed by atoms with E-state index in [2.05, 4.69) is 10.2 Å². The third kappa shape index (κ3) is 2.58. The molecule has 1 aromatic carbocycles. The Morgan fingerprint density at radius 2 is 2.33 bits per heavy atom. The smallest absolute Gasteiger partial charge is 0.275 e. The Bertz CT molecular complexity index is 650. The highest BCUT2D eigenvalue weighted by atomic mass is 16.3. The minimum absolute atomic E-state index is 0.0787. The van der Waals surface area contributed by atoms with Crippen LogP contribution in [0.3, 0.4) is 0 Å². The number of likely N-dealkylation sites (tertiary alicyclic amines) is 1. The van der Waals surface area contributed by atoms with Crippen molar-refractivity contribution >= 4 is 22.5 Å². The molecule has 3 rings (SSSR count). The van der Waals surface area contributed by atoms with Crippen molar-refractivity contribution in [3.63, 3.8) is 0 Å². The monoisotopic (exact) mass is 288 g/mol. The number of rotatable bonds is 3. The summed E-state index contributed by atoms with van der Waals surface area (Å²) in [5.74, 6) is -0.0787. The summed E-state index contributed by atoms with van der Waals surface area (Å²) < 4.78 is 0. The van der Waals surface area contributed by atoms with Crippen molar-refractivity contribution < 1.29 is 9.90 Å². The number of anilines is 1. The lowest BCUT2D eigenvalue weighted by Crippen LogP contribution is -2.44. The van der Waals surface area contributed by atoms with Crippen LogP contribution < -0.4 is 5.73 Å². The number of benzene rings is 1. The molecule has 1 aliphatic heterocycles. The Kier molecular flexibility index (Phi) is 3.79. The van der Waals surface area contributed by atoms with Crippen LogP contribution in [-0.2, 0) is 0 Å². The summed E-state index contributed by atoms with van der Waals surface area (Å²) >= 11 is 0. The zero-order chi connectivity index (χ0) is 14.8. The van der Waals surface area contributed by atoms with Crippen molar-refractivity contribution in [3.05, 3.63) is 23.9 Å². The lowest BCUT2D eigenvalue weighted by atomic mass is 9.99. The Balaban J connectivity index is 1.93. The molecule has 21 heavy (non-hydrogen) atoms. The number of nitrogen functional groups attached to an aromatic ring is 1. The molecule has 0 spiro atoms. The molecule has 1 aromatic heterocycles. The molecule has 1 amide bonds. The number of hydrogen-bond donors (Lipinski definition) is 3. The first-order valence-corrected chi connectivity index (χ1v) is 7.36. The van der Waals surface area contributed by atoms with Gasteiger partial charge in [-0.3, -0.25) is 9.89 Å². The van der Waals surface area contributed by atoms with Gasteiger partial charge < -0.3 is 15.7 Å². The fourth-order valence-electron chi connectivity index (χ4n) is 3.05. The van der Waals surface area contributed by atoms with Gasteiger partial charge in [0.15, 0.2) is 5.69 Å². The van der Waals surface area contributed by atoms with Crippen molar-refractivity contribution in [3.8, 4) is 0 Å². The van der Waals surface area contributed by atoms with Crippen LogP contribution in [0.25, 0.3) is 10.9 Å². The van der Waals surface area contributed by atoms with E-state index in [1.807, 2.05) is 11.0 Å². The third-order valence-corrected chi connectivity index (χ3v) is 4.14. The Labute approximate surface area is 122 Å². The highest BCUT2D eigenvalue weighted by molar-refractivity contribution is 6.05. The summed E-state index contributed by atoms with van der Waals surface area (Å²) in [4.78, 5) is 14.6. The number of hydrogen-bond acceptors (Lipinski definition) is 4. The number of aliphatic hydroxyl groups is 1. The molecule has 0 saturated carbocycles. The summed E-state index contributed by atoms with van der Waals surface area (Å²) in [5, 5.41) is 17.0. The number of nitrogens with zero attached hydrogens (tertiary/aromatic N) is 2. The van der Waals surface area contributed by atoms with E-state index < -0.39 is 0 Å². The topological polar surface area (TPSA) is 95.2 Å². The Morgan fingerprint density at radius 3 is 3.14 bits per heavy atom. The molecule has 2 aromatic rings. The predicted octanol–water partition coefficient (Wildman–Crippen LogP) is 1.52. The number of aromatic nitrogens is 2. The van der Waals surface area contributed by atoms with E-state index >= 15 is 0 Å². The minimum Gasteiger partial charge on any atom is -0.399 e. The van der Waals surface area contributed by atoms with Crippen molar-refractivity contribution in [1.82, 2.24) is 15.1 Å². The van der Waals surface area contributed by atoms with Gasteiger partial charge in [-0.1, -0.05) is 0 Å². The summed E-state index contributed by atoms with van der Waals surface area (Å²) in [7, 11) is 0. The number of H-pyrrole nitrogens is 1. The molecule has 1 unspecified atom stereocenters. The summed E-state index contributed by atoms with van der Waals surface area (Å²) in [5.41, 5.74) is 7.65. The maximum atomic E-state index is 12.8. The van der Waals surface area contributed by atoms with Crippen LogP contribution in [-0.4, -0.2) is 45.3 Å². The number of carbonyl (C=O) groups is 1. The SMILES string of the molecule is Nc1ccc2[nH]nc(C(=O)N3CCCCC3CCO)c2c1. The second kappa shape index (κ2) is 5.73. The van der Waals surface area contributed by atoms with Gasteiger partial charge in [0.2, 0.25) is 0 Å². The van der Waals surface area contributed by atoms with Crippen LogP contribution in [0, 0.1) is 0 Å². The summed E-state index contributed by atoms with van der Waals surface area (Å²) in [6, 6.07) is 5.49. The fourth-order valence-corrected chi connectivity index (χ4v) is 3.05. The van der Waals surface area contributed by atoms with Gasteiger partial charge in [-0.05, 0) is 43.9 Å². The van der Waals surface area contributed by atoms with Crippen molar-refractivity contribution in [2.24, 2.45) is 0 Å². The Hall–Kier alpha value is -2.08. The van der Waals surface area contributed by atoms with E-state index in [9.17, 15) is 9.90 Å². The van der Waals surface area contributed by atoms with Crippen molar-refractivity contribution in [1.29, 1.82) is 0 Å². The van der Waals surface area contributed by atoms with Gasteiger partial charge in [0.05, 0.1) is 5.52 Å². The average molecular weight is 288 g/mol. The maximum absolute atomic E-state index is 12.8. The normalized spacial score (nSPS) is 19.1. The van der Waals surface area contributed by atoms with Crippen LogP contribution in [0.4, 0.5) is 5.69 Å². The first kappa shape index (κ1) is 13.9. The van der Waals surface area contributed by atoms with Gasteiger partial charge in [-0.2, -0.15) is 5.10 Å². The minimum atomic E-state index is -0.0787. The molecule has 1 aliphatic rings. The van der Waals surface area contributed by atoms with Crippen molar-refractivity contribution in [2.45, 2.75) is 31.7 Å². The lowest BCUT2D eigenvalue weighted by molar-refractivity contribution is 0.0570. The molecule has 2 heterocycles. The van der Waals surface area contributed by atoms with E-state index in [4.69, 9.17) is 5.73 Å². The third-order valence-electron chi connectivity index (χ3n) is 4.14. The zero-order valence-electron chi connectivity index (χ0n) is 11.9. The van der Waals surface area contributed by atoms with Crippen LogP contribution >= 0.6 is 0 Å². The van der Waals surface area contributed by atoms with Gasteiger partial charge in [0.1, 0.15) is 0 Å². The fraction of sp³-hybridized carbons (Fsp3) is 0.467. The second-order valence-electron chi connectivity index (χ2n) is 5.54. The number of nitrogens with one attached hydrogen (secondary N) is 1. The van der Waals surface area contributed by atoms with E-state index in [1.165, 1.54) is 0 Å². The number of piperidine rings is 1. The molecule has 6 heteroatoms. The molecule has 0 bridgehead atoms. The molecule has 0 radical (unpaired) electrons. The van der Waals surface area contributed by atoms with Crippen LogP contribution in [0.2, 0.25) is 0 Å². The largest absolute Gasteiger partial charge is 0.399 e. The van der Waals surface area contributed by atoms with Crippen LogP contribution in [0.1, 0.15) is 36.2 Å². The van der Waals surface area contributed by atoms with Gasteiger partial charge in [0, 0.05) is 30.3 Å². The number of carbonyl (C=O) groups excluding carboxylic acids is 1. The molecular weight excluding hydrogens is 268 g/mol. The molecule has 6 nitrogen and oxygen atoms in total. The van der Waals surface area contributed by atoms with Crippen LogP contribution in [0.5, 0.6) is 0 Å².